The third-order valence-corrected chi connectivity index (χ3v) is 31.0. The van der Waals surface area contributed by atoms with Crippen molar-refractivity contribution in [3.05, 3.63) is 145 Å². The first-order valence-electron chi connectivity index (χ1n) is 43.7. The van der Waals surface area contributed by atoms with Gasteiger partial charge in [0.1, 0.15) is 115 Å². The number of anilines is 4. The van der Waals surface area contributed by atoms with Gasteiger partial charge in [0.2, 0.25) is 23.5 Å². The Hall–Kier alpha value is -12.8. The molecular formula is C90H110N28O8S4. The molecule has 130 heavy (non-hydrogen) atoms. The number of methoxy groups -OCH3 is 1. The van der Waals surface area contributed by atoms with Gasteiger partial charge in [-0.3, -0.25) is 0 Å². The summed E-state index contributed by atoms with van der Waals surface area (Å²) in [6, 6.07) is 24.2. The van der Waals surface area contributed by atoms with Crippen LogP contribution in [0.15, 0.2) is 140 Å². The molecule has 682 valence electrons. The van der Waals surface area contributed by atoms with Gasteiger partial charge in [-0.25, -0.2) is 92.2 Å². The van der Waals surface area contributed by atoms with Gasteiger partial charge in [-0.2, -0.15) is 41.4 Å². The van der Waals surface area contributed by atoms with Crippen molar-refractivity contribution in [2.45, 2.75) is 95.1 Å². The first kappa shape index (κ1) is 93.4. The summed E-state index contributed by atoms with van der Waals surface area (Å²) < 4.78 is 98.6. The Morgan fingerprint density at radius 2 is 0.638 bits per heavy atom. The largest absolute Gasteiger partial charge is 0.480 e. The van der Waals surface area contributed by atoms with Crippen molar-refractivity contribution in [1.82, 2.24) is 78.3 Å². The molecular weight excluding hydrogens is 1730 g/mol. The molecule has 12 aromatic heterocycles. The molecule has 4 saturated heterocycles. The van der Waals surface area contributed by atoms with Crippen molar-refractivity contribution in [2.24, 2.45) is 47.0 Å². The number of nitriles is 4. The lowest BCUT2D eigenvalue weighted by Crippen LogP contribution is -2.40. The molecule has 0 atom stereocenters. The van der Waals surface area contributed by atoms with Crippen LogP contribution in [0, 0.1) is 74.9 Å². The molecule has 0 radical (unpaired) electrons. The van der Waals surface area contributed by atoms with Crippen LogP contribution in [-0.4, -0.2) is 246 Å². The van der Waals surface area contributed by atoms with E-state index >= 15 is 0 Å². The topological polar surface area (TPSA) is 435 Å². The Bertz CT molecular complexity index is 6730. The van der Waals surface area contributed by atoms with Gasteiger partial charge in [0, 0.05) is 145 Å². The van der Waals surface area contributed by atoms with Crippen molar-refractivity contribution in [3.8, 4) is 92.8 Å². The minimum Gasteiger partial charge on any atom is -0.480 e. The van der Waals surface area contributed by atoms with Crippen LogP contribution in [0.25, 0.3) is 67.1 Å². The molecule has 36 nitrogen and oxygen atoms in total. The molecule has 5 fully saturated rings. The van der Waals surface area contributed by atoms with Crippen LogP contribution in [-0.2, 0) is 38.9 Å². The van der Waals surface area contributed by atoms with Gasteiger partial charge in [-0.05, 0) is 112 Å². The fourth-order valence-electron chi connectivity index (χ4n) is 14.6. The van der Waals surface area contributed by atoms with E-state index in [-0.39, 0.29) is 6.10 Å². The molecule has 12 aromatic rings. The predicted molar refractivity (Wildman–Crippen MR) is 504 cm³/mol. The summed E-state index contributed by atoms with van der Waals surface area (Å²) in [6.45, 7) is 31.5. The standard InChI is InChI=1S/C24H29N7O2S.C23H29N7O2S.C22H27N7O2S.C21H25N7O2S/c1-17(2)12-28-34(32)9-7-30(8-10-34)21-6-5-19(13-26-21)23-24-20(11-25)14-27-31(24)15-22(29-23)33-16-18-3-4-18;1-16(2)12-27-33(31)9-7-29(8-10-33)20-6-5-18(13-25-20)22-23-19(11-24)14-26-30(23)15-21(28-22)32-17(3)4;1-4-31-20-15-29-22(18(11-23)14-25-29)21(27-20)17-5-6-19(24-13-17)28-7-9-32(30,10-8-28)26-12-16(2)3;1-15(2)11-25-31(29)8-6-27(7-9-31)18-5-4-16(12-23-18)20-21-17(10-22)13-24-28(21)14-19(26-20)30-3/h5-6,13-15,17-18H,3-4,7-10,12,16H2,1-2H3;5-6,13-17H,7-10,12H2,1-4H3;5-6,13-16H,4,7-10,12H2,1-3H3;4-5,12-15H,6-9,11H2,1-3H3. The molecule has 40 heteroatoms. The molecule has 0 bridgehead atoms. The Morgan fingerprint density at radius 1 is 0.377 bits per heavy atom. The fraction of sp³-hybridized carbons (Fsp3) is 0.467. The quantitative estimate of drug-likeness (QED) is 0.0542. The number of aromatic nitrogens is 16. The van der Waals surface area contributed by atoms with Gasteiger partial charge in [0.15, 0.2) is 0 Å². The number of ether oxygens (including phenoxy) is 4. The number of pyridine rings is 4. The normalized spacial score (nSPS) is 16.2. The summed E-state index contributed by atoms with van der Waals surface area (Å²) in [7, 11) is -6.95. The molecule has 0 amide bonds. The molecule has 17 rings (SSSR count). The highest BCUT2D eigenvalue weighted by molar-refractivity contribution is 7.94. The SMILES string of the molecule is CC(C)CN=S1(=O)CCN(c2ccc(-c3nc(OC(C)C)cn4ncc(C#N)c34)cn2)CC1.CC(C)CN=S1(=O)CCN(c2ccc(-c3nc(OCC4CC4)cn4ncc(C#N)c34)cn2)CC1.CCOc1cn2ncc(C#N)c2c(-c2ccc(N3CCS(=O)(=NCC(C)C)CC3)nc2)n1.COc1cn2ncc(C#N)c2c(-c2ccc(N3CCS(=O)(=NCC(C)C)CC3)nc2)n1. The van der Waals surface area contributed by atoms with E-state index in [1.807, 2.05) is 69.3 Å². The summed E-state index contributed by atoms with van der Waals surface area (Å²) in [6.07, 6.45) is 22.1. The summed E-state index contributed by atoms with van der Waals surface area (Å²) in [5, 5.41) is 55.1. The van der Waals surface area contributed by atoms with Crippen LogP contribution in [0.2, 0.25) is 0 Å². The number of nitrogens with zero attached hydrogens (tertiary/aromatic N) is 28. The summed E-state index contributed by atoms with van der Waals surface area (Å²) in [5.74, 6) is 11.8. The second kappa shape index (κ2) is 41.3. The lowest BCUT2D eigenvalue weighted by molar-refractivity contribution is 0.231. The van der Waals surface area contributed by atoms with Gasteiger partial charge in [0.05, 0.1) is 141 Å². The first-order valence-corrected chi connectivity index (χ1v) is 51.2. The fourth-order valence-corrected chi connectivity index (χ4v) is 22.8. The molecule has 1 aliphatic carbocycles. The molecule has 1 saturated carbocycles. The van der Waals surface area contributed by atoms with Gasteiger partial charge >= 0.3 is 0 Å². The van der Waals surface area contributed by atoms with Crippen LogP contribution in [0.3, 0.4) is 0 Å². The van der Waals surface area contributed by atoms with E-state index in [4.69, 9.17) is 23.9 Å². The maximum absolute atomic E-state index is 12.9. The van der Waals surface area contributed by atoms with Crippen LogP contribution in [0.1, 0.15) is 111 Å². The Labute approximate surface area is 759 Å². The van der Waals surface area contributed by atoms with E-state index in [0.717, 1.165) is 45.5 Å². The minimum atomic E-state index is -2.13. The number of hydrogen-bond donors (Lipinski definition) is 0. The molecule has 16 heterocycles. The van der Waals surface area contributed by atoms with Crippen molar-refractivity contribution >= 4 is 84.3 Å². The Morgan fingerprint density at radius 3 is 0.877 bits per heavy atom. The number of rotatable bonds is 24. The second-order valence-electron chi connectivity index (χ2n) is 34.2. The van der Waals surface area contributed by atoms with Gasteiger partial charge in [-0.15, -0.1) is 0 Å². The van der Waals surface area contributed by atoms with E-state index < -0.39 is 38.9 Å². The predicted octanol–water partition coefficient (Wildman–Crippen LogP) is 12.4. The zero-order chi connectivity index (χ0) is 92.0. The van der Waals surface area contributed by atoms with Crippen molar-refractivity contribution in [1.29, 1.82) is 21.0 Å². The third kappa shape index (κ3) is 22.9. The lowest BCUT2D eigenvalue weighted by Gasteiger charge is -2.29. The molecule has 5 aliphatic rings. The zero-order valence-corrected chi connectivity index (χ0v) is 78.7. The smallest absolute Gasteiger partial charge is 0.233 e. The van der Waals surface area contributed by atoms with Crippen molar-refractivity contribution in [2.75, 3.05) is 164 Å². The number of fused-ring (bicyclic) bond motifs is 4. The summed E-state index contributed by atoms with van der Waals surface area (Å²) >= 11 is 0. The monoisotopic (exact) mass is 1840 g/mol. The van der Waals surface area contributed by atoms with Crippen LogP contribution >= 0.6 is 0 Å². The van der Waals surface area contributed by atoms with E-state index in [1.54, 1.807) is 73.8 Å². The van der Waals surface area contributed by atoms with E-state index in [0.29, 0.717) is 258 Å². The highest BCUT2D eigenvalue weighted by atomic mass is 32.2. The average molecular weight is 1840 g/mol. The molecule has 0 aromatic carbocycles. The highest BCUT2D eigenvalue weighted by Gasteiger charge is 2.30. The van der Waals surface area contributed by atoms with Crippen LogP contribution in [0.4, 0.5) is 23.3 Å². The first-order chi connectivity index (χ1) is 62.6. The van der Waals surface area contributed by atoms with E-state index in [9.17, 15) is 37.9 Å². The molecule has 0 unspecified atom stereocenters. The van der Waals surface area contributed by atoms with Gasteiger partial charge in [0.25, 0.3) is 0 Å². The average Bonchev–Trinajstić information content (AvgIpc) is 1.62. The van der Waals surface area contributed by atoms with Gasteiger partial charge in [-0.1, -0.05) is 55.4 Å². The van der Waals surface area contributed by atoms with E-state index in [2.05, 4.69) is 172 Å². The molecule has 0 spiro atoms. The Kier molecular flexibility index (Phi) is 29.7. The Balaban J connectivity index is 0.000000140. The van der Waals surface area contributed by atoms with Crippen LogP contribution in [0.5, 0.6) is 23.5 Å². The summed E-state index contributed by atoms with van der Waals surface area (Å²) in [4.78, 5) is 45.6. The van der Waals surface area contributed by atoms with Gasteiger partial charge < -0.3 is 38.5 Å². The molecule has 4 aliphatic heterocycles. The maximum Gasteiger partial charge on any atom is 0.233 e. The minimum absolute atomic E-state index is 0.0454. The zero-order valence-electron chi connectivity index (χ0n) is 75.4. The maximum atomic E-state index is 12.9. The van der Waals surface area contributed by atoms with Crippen LogP contribution < -0.4 is 38.5 Å². The highest BCUT2D eigenvalue weighted by Crippen LogP contribution is 2.36. The van der Waals surface area contributed by atoms with Crippen molar-refractivity contribution in [3.63, 3.8) is 0 Å². The third-order valence-electron chi connectivity index (χ3n) is 21.9. The molecule has 0 N–H and O–H groups in total. The number of hydrogen-bond acceptors (Lipinski definition) is 32. The second-order valence-corrected chi connectivity index (χ2v) is 44.7. The lowest BCUT2D eigenvalue weighted by atomic mass is 10.1. The summed E-state index contributed by atoms with van der Waals surface area (Å²) in [5.41, 5.74) is 9.74. The van der Waals surface area contributed by atoms with Crippen molar-refractivity contribution < 1.29 is 35.8 Å². The van der Waals surface area contributed by atoms with E-state index in [1.165, 1.54) is 38.5 Å².